The summed E-state index contributed by atoms with van der Waals surface area (Å²) < 4.78 is 5.37. The molecule has 1 fully saturated rings. The summed E-state index contributed by atoms with van der Waals surface area (Å²) in [6.45, 7) is 6.28. The Morgan fingerprint density at radius 1 is 1.17 bits per heavy atom. The summed E-state index contributed by atoms with van der Waals surface area (Å²) >= 11 is 0. The maximum absolute atomic E-state index is 10.3. The first-order valence-corrected chi connectivity index (χ1v) is 7.21. The smallest absolute Gasteiger partial charge is 0.0897 e. The van der Waals surface area contributed by atoms with Gasteiger partial charge < -0.3 is 20.3 Å². The van der Waals surface area contributed by atoms with E-state index in [1.807, 2.05) is 0 Å². The van der Waals surface area contributed by atoms with Crippen LogP contribution in [0.5, 0.6) is 0 Å². The molecule has 108 valence electrons. The first-order chi connectivity index (χ1) is 8.52. The van der Waals surface area contributed by atoms with Gasteiger partial charge in [0.2, 0.25) is 0 Å². The fourth-order valence-corrected chi connectivity index (χ4v) is 2.36. The number of nitrogens with one attached hydrogen (secondary N) is 1. The van der Waals surface area contributed by atoms with Crippen LogP contribution in [0.1, 0.15) is 46.0 Å². The number of ether oxygens (including phenoxy) is 1. The van der Waals surface area contributed by atoms with Gasteiger partial charge in [0.25, 0.3) is 0 Å². The van der Waals surface area contributed by atoms with Gasteiger partial charge in [-0.25, -0.2) is 0 Å². The first kappa shape index (κ1) is 15.9. The molecule has 0 aliphatic heterocycles. The first-order valence-electron chi connectivity index (χ1n) is 7.21. The van der Waals surface area contributed by atoms with Crippen molar-refractivity contribution in [3.63, 3.8) is 0 Å². The zero-order chi connectivity index (χ0) is 13.4. The zero-order valence-electron chi connectivity index (χ0n) is 11.8. The van der Waals surface area contributed by atoms with Crippen molar-refractivity contribution >= 4 is 0 Å². The Morgan fingerprint density at radius 2 is 1.83 bits per heavy atom. The van der Waals surface area contributed by atoms with Gasteiger partial charge in [-0.3, -0.25) is 0 Å². The van der Waals surface area contributed by atoms with E-state index in [4.69, 9.17) is 4.74 Å². The van der Waals surface area contributed by atoms with Crippen molar-refractivity contribution in [2.75, 3.05) is 26.3 Å². The van der Waals surface area contributed by atoms with Crippen LogP contribution in [0.2, 0.25) is 0 Å². The lowest BCUT2D eigenvalue weighted by molar-refractivity contribution is -0.00416. The molecule has 0 aromatic heterocycles. The Morgan fingerprint density at radius 3 is 2.44 bits per heavy atom. The van der Waals surface area contributed by atoms with Crippen LogP contribution in [0.3, 0.4) is 0 Å². The van der Waals surface area contributed by atoms with Crippen molar-refractivity contribution in [2.24, 2.45) is 5.92 Å². The largest absolute Gasteiger partial charge is 0.389 e. The number of aliphatic hydroxyl groups is 2. The van der Waals surface area contributed by atoms with Crippen LogP contribution >= 0.6 is 0 Å². The van der Waals surface area contributed by atoms with Crippen molar-refractivity contribution < 1.29 is 14.9 Å². The fraction of sp³-hybridized carbons (Fsp3) is 1.00. The average Bonchev–Trinajstić information content (AvgIpc) is 2.29. The summed E-state index contributed by atoms with van der Waals surface area (Å²) in [5.74, 6) is 0.494. The molecule has 1 unspecified atom stereocenters. The number of rotatable bonds is 8. The minimum atomic E-state index is -0.559. The van der Waals surface area contributed by atoms with Crippen LogP contribution in [0, 0.1) is 5.92 Å². The maximum atomic E-state index is 10.3. The molecule has 0 bridgehead atoms. The average molecular weight is 259 g/mol. The van der Waals surface area contributed by atoms with Crippen LogP contribution in [0.25, 0.3) is 0 Å². The van der Waals surface area contributed by atoms with E-state index in [0.717, 1.165) is 25.7 Å². The minimum absolute atomic E-state index is 0.365. The van der Waals surface area contributed by atoms with Gasteiger partial charge in [-0.2, -0.15) is 0 Å². The second kappa shape index (κ2) is 8.10. The second-order valence-corrected chi connectivity index (χ2v) is 6.00. The highest BCUT2D eigenvalue weighted by atomic mass is 16.5. The van der Waals surface area contributed by atoms with Crippen molar-refractivity contribution in [1.82, 2.24) is 5.32 Å². The van der Waals surface area contributed by atoms with Gasteiger partial charge in [0, 0.05) is 19.7 Å². The maximum Gasteiger partial charge on any atom is 0.0897 e. The molecule has 4 nitrogen and oxygen atoms in total. The molecule has 0 aromatic carbocycles. The van der Waals surface area contributed by atoms with Gasteiger partial charge in [-0.15, -0.1) is 0 Å². The van der Waals surface area contributed by atoms with Crippen LogP contribution < -0.4 is 5.32 Å². The lowest BCUT2D eigenvalue weighted by atomic mass is 9.85. The van der Waals surface area contributed by atoms with Gasteiger partial charge in [0.05, 0.1) is 18.3 Å². The SMILES string of the molecule is CC(C)COCC(O)CNCC1(O)CCCCC1. The molecular formula is C14H29NO3. The molecule has 0 aromatic rings. The Balaban J connectivity index is 2.05. The number of hydrogen-bond donors (Lipinski definition) is 3. The molecule has 1 atom stereocenters. The van der Waals surface area contributed by atoms with Gasteiger partial charge in [0.1, 0.15) is 0 Å². The Hall–Kier alpha value is -0.160. The van der Waals surface area contributed by atoms with E-state index in [2.05, 4.69) is 19.2 Å². The van der Waals surface area contributed by atoms with E-state index >= 15 is 0 Å². The lowest BCUT2D eigenvalue weighted by Crippen LogP contribution is -2.44. The molecule has 0 heterocycles. The van der Waals surface area contributed by atoms with Gasteiger partial charge in [0.15, 0.2) is 0 Å². The Bertz CT molecular complexity index is 215. The Labute approximate surface area is 111 Å². The molecule has 0 saturated heterocycles. The third kappa shape index (κ3) is 6.69. The predicted octanol–water partition coefficient (Wildman–Crippen LogP) is 1.30. The van der Waals surface area contributed by atoms with E-state index in [1.165, 1.54) is 6.42 Å². The summed E-state index contributed by atoms with van der Waals surface area (Å²) in [7, 11) is 0. The monoisotopic (exact) mass is 259 g/mol. The summed E-state index contributed by atoms with van der Waals surface area (Å²) in [4.78, 5) is 0. The topological polar surface area (TPSA) is 61.7 Å². The van der Waals surface area contributed by atoms with Gasteiger partial charge in [-0.1, -0.05) is 33.1 Å². The summed E-state index contributed by atoms with van der Waals surface area (Å²) in [6.07, 6.45) is 4.71. The highest BCUT2D eigenvalue weighted by Crippen LogP contribution is 2.27. The van der Waals surface area contributed by atoms with E-state index in [9.17, 15) is 10.2 Å². The van der Waals surface area contributed by atoms with Crippen molar-refractivity contribution in [3.05, 3.63) is 0 Å². The zero-order valence-corrected chi connectivity index (χ0v) is 11.8. The molecule has 1 aliphatic rings. The van der Waals surface area contributed by atoms with Crippen molar-refractivity contribution in [3.8, 4) is 0 Å². The molecule has 1 aliphatic carbocycles. The molecule has 0 amide bonds. The van der Waals surface area contributed by atoms with E-state index in [1.54, 1.807) is 0 Å². The number of aliphatic hydroxyl groups excluding tert-OH is 1. The molecule has 1 saturated carbocycles. The molecular weight excluding hydrogens is 230 g/mol. The second-order valence-electron chi connectivity index (χ2n) is 6.00. The van der Waals surface area contributed by atoms with Gasteiger partial charge >= 0.3 is 0 Å². The summed E-state index contributed by atoms with van der Waals surface area (Å²) in [6, 6.07) is 0. The highest BCUT2D eigenvalue weighted by molar-refractivity contribution is 4.84. The summed E-state index contributed by atoms with van der Waals surface area (Å²) in [5, 5.41) is 23.1. The third-order valence-corrected chi connectivity index (χ3v) is 3.38. The van der Waals surface area contributed by atoms with E-state index < -0.39 is 11.7 Å². The molecule has 1 rings (SSSR count). The molecule has 0 spiro atoms. The fourth-order valence-electron chi connectivity index (χ4n) is 2.36. The quantitative estimate of drug-likeness (QED) is 0.615. The molecule has 0 radical (unpaired) electrons. The standard InChI is InChI=1S/C14H29NO3/c1-12(2)9-18-10-13(16)8-15-11-14(17)6-4-3-5-7-14/h12-13,15-17H,3-11H2,1-2H3. The van der Waals surface area contributed by atoms with Crippen molar-refractivity contribution in [2.45, 2.75) is 57.7 Å². The van der Waals surface area contributed by atoms with E-state index in [0.29, 0.717) is 32.2 Å². The Kier molecular flexibility index (Phi) is 7.15. The van der Waals surface area contributed by atoms with Crippen LogP contribution in [-0.2, 0) is 4.74 Å². The normalized spacial score (nSPS) is 21.2. The van der Waals surface area contributed by atoms with Crippen LogP contribution in [-0.4, -0.2) is 48.2 Å². The van der Waals surface area contributed by atoms with E-state index in [-0.39, 0.29) is 0 Å². The van der Waals surface area contributed by atoms with Crippen molar-refractivity contribution in [1.29, 1.82) is 0 Å². The lowest BCUT2D eigenvalue weighted by Gasteiger charge is -2.32. The third-order valence-electron chi connectivity index (χ3n) is 3.38. The van der Waals surface area contributed by atoms with Crippen LogP contribution in [0.4, 0.5) is 0 Å². The summed E-state index contributed by atoms with van der Waals surface area (Å²) in [5.41, 5.74) is -0.559. The molecule has 4 heteroatoms. The number of hydrogen-bond acceptors (Lipinski definition) is 4. The molecule has 18 heavy (non-hydrogen) atoms. The highest BCUT2D eigenvalue weighted by Gasteiger charge is 2.28. The minimum Gasteiger partial charge on any atom is -0.389 e. The van der Waals surface area contributed by atoms with Gasteiger partial charge in [-0.05, 0) is 18.8 Å². The predicted molar refractivity (Wildman–Crippen MR) is 72.6 cm³/mol. The van der Waals surface area contributed by atoms with Crippen LogP contribution in [0.15, 0.2) is 0 Å². The molecule has 3 N–H and O–H groups in total.